The molecular formula is C27H25N3O3S. The molecule has 1 heterocycles. The van der Waals surface area contributed by atoms with Gasteiger partial charge in [-0.15, -0.1) is 0 Å². The molecule has 1 atom stereocenters. The minimum absolute atomic E-state index is 0.0317. The number of amides is 1. The molecule has 1 aromatic heterocycles. The molecule has 0 saturated carbocycles. The number of nitrogens with zero attached hydrogens (tertiary/aromatic N) is 2. The predicted molar refractivity (Wildman–Crippen MR) is 137 cm³/mol. The van der Waals surface area contributed by atoms with E-state index in [-0.39, 0.29) is 17.2 Å². The van der Waals surface area contributed by atoms with E-state index in [1.54, 1.807) is 47.9 Å². The molecule has 6 nitrogen and oxygen atoms in total. The van der Waals surface area contributed by atoms with Gasteiger partial charge < -0.3 is 5.32 Å². The van der Waals surface area contributed by atoms with Crippen LogP contribution in [0.3, 0.4) is 0 Å². The van der Waals surface area contributed by atoms with E-state index in [4.69, 9.17) is 4.98 Å². The monoisotopic (exact) mass is 471 g/mol. The van der Waals surface area contributed by atoms with Crippen LogP contribution >= 0.6 is 11.8 Å². The number of ketones is 1. The first-order valence-electron chi connectivity index (χ1n) is 11.0. The van der Waals surface area contributed by atoms with Crippen molar-refractivity contribution in [3.8, 4) is 0 Å². The SMILES string of the molecule is CC(=O)c1ccc(NC(=O)[C@H](C)Sc2nc3ccccc3c(=O)n2Cc2ccc(C)cc2)cc1. The van der Waals surface area contributed by atoms with Crippen LogP contribution in [0.4, 0.5) is 5.69 Å². The molecule has 34 heavy (non-hydrogen) atoms. The molecule has 4 rings (SSSR count). The summed E-state index contributed by atoms with van der Waals surface area (Å²) >= 11 is 1.24. The van der Waals surface area contributed by atoms with Crippen molar-refractivity contribution < 1.29 is 9.59 Å². The lowest BCUT2D eigenvalue weighted by molar-refractivity contribution is -0.115. The maximum Gasteiger partial charge on any atom is 0.262 e. The number of rotatable bonds is 7. The van der Waals surface area contributed by atoms with Gasteiger partial charge in [0.1, 0.15) is 0 Å². The topological polar surface area (TPSA) is 81.1 Å². The number of hydrogen-bond donors (Lipinski definition) is 1. The second-order valence-electron chi connectivity index (χ2n) is 8.17. The highest BCUT2D eigenvalue weighted by atomic mass is 32.2. The number of benzene rings is 3. The Morgan fingerprint density at radius 2 is 1.68 bits per heavy atom. The highest BCUT2D eigenvalue weighted by Gasteiger charge is 2.20. The lowest BCUT2D eigenvalue weighted by Gasteiger charge is -2.17. The summed E-state index contributed by atoms with van der Waals surface area (Å²) < 4.78 is 1.63. The fourth-order valence-corrected chi connectivity index (χ4v) is 4.40. The highest BCUT2D eigenvalue weighted by molar-refractivity contribution is 8.00. The van der Waals surface area contributed by atoms with Gasteiger partial charge in [0.05, 0.1) is 22.7 Å². The van der Waals surface area contributed by atoms with Crippen molar-refractivity contribution in [3.05, 3.63) is 99.8 Å². The molecule has 1 amide bonds. The van der Waals surface area contributed by atoms with Crippen LogP contribution in [0.1, 0.15) is 35.3 Å². The van der Waals surface area contributed by atoms with E-state index in [1.165, 1.54) is 18.7 Å². The van der Waals surface area contributed by atoms with Gasteiger partial charge in [0.2, 0.25) is 5.91 Å². The van der Waals surface area contributed by atoms with E-state index in [2.05, 4.69) is 5.32 Å². The molecule has 0 spiro atoms. The molecule has 0 saturated heterocycles. The molecule has 7 heteroatoms. The maximum absolute atomic E-state index is 13.3. The number of carbonyl (C=O) groups excluding carboxylic acids is 2. The number of hydrogen-bond acceptors (Lipinski definition) is 5. The van der Waals surface area contributed by atoms with Crippen molar-refractivity contribution in [3.63, 3.8) is 0 Å². The van der Waals surface area contributed by atoms with Gasteiger partial charge in [0.25, 0.3) is 5.56 Å². The van der Waals surface area contributed by atoms with Gasteiger partial charge in [-0.1, -0.05) is 53.7 Å². The van der Waals surface area contributed by atoms with Crippen LogP contribution in [0, 0.1) is 6.92 Å². The summed E-state index contributed by atoms with van der Waals surface area (Å²) in [5, 5.41) is 3.39. The number of nitrogens with one attached hydrogen (secondary N) is 1. The van der Waals surface area contributed by atoms with E-state index in [9.17, 15) is 14.4 Å². The standard InChI is InChI=1S/C27H25N3O3S/c1-17-8-10-20(11-9-17)16-30-26(33)23-6-4-5-7-24(23)29-27(30)34-19(3)25(32)28-22-14-12-21(13-15-22)18(2)31/h4-15,19H,16H2,1-3H3,(H,28,32)/t19-/m0/s1. The van der Waals surface area contributed by atoms with E-state index < -0.39 is 5.25 Å². The summed E-state index contributed by atoms with van der Waals surface area (Å²) in [5.41, 5.74) is 3.77. The molecule has 3 aromatic carbocycles. The zero-order valence-corrected chi connectivity index (χ0v) is 20.1. The molecule has 0 aliphatic heterocycles. The summed E-state index contributed by atoms with van der Waals surface area (Å²) in [6.45, 7) is 5.66. The third-order valence-corrected chi connectivity index (χ3v) is 6.59. The number of para-hydroxylation sites is 1. The fraction of sp³-hybridized carbons (Fsp3) is 0.185. The quantitative estimate of drug-likeness (QED) is 0.231. The Bertz CT molecular complexity index is 1410. The van der Waals surface area contributed by atoms with Crippen LogP contribution in [0.5, 0.6) is 0 Å². The van der Waals surface area contributed by atoms with Crippen molar-refractivity contribution in [2.24, 2.45) is 0 Å². The average Bonchev–Trinajstić information content (AvgIpc) is 2.83. The van der Waals surface area contributed by atoms with Crippen LogP contribution in [-0.2, 0) is 11.3 Å². The number of Topliss-reactive ketones (excluding diaryl/α,β-unsaturated/α-hetero) is 1. The molecular weight excluding hydrogens is 446 g/mol. The first kappa shape index (κ1) is 23.4. The Kier molecular flexibility index (Phi) is 6.93. The summed E-state index contributed by atoms with van der Waals surface area (Å²) in [4.78, 5) is 42.4. The number of thioether (sulfide) groups is 1. The van der Waals surface area contributed by atoms with E-state index in [0.717, 1.165) is 11.1 Å². The van der Waals surface area contributed by atoms with Gasteiger partial charge in [0.15, 0.2) is 10.9 Å². The van der Waals surface area contributed by atoms with Gasteiger partial charge in [0, 0.05) is 11.3 Å². The second-order valence-corrected chi connectivity index (χ2v) is 9.48. The van der Waals surface area contributed by atoms with E-state index in [1.807, 2.05) is 43.3 Å². The molecule has 0 bridgehead atoms. The van der Waals surface area contributed by atoms with Crippen LogP contribution in [0.25, 0.3) is 10.9 Å². The van der Waals surface area contributed by atoms with Crippen molar-refractivity contribution in [2.75, 3.05) is 5.32 Å². The summed E-state index contributed by atoms with van der Waals surface area (Å²) in [6.07, 6.45) is 0. The second kappa shape index (κ2) is 10.1. The minimum atomic E-state index is -0.509. The minimum Gasteiger partial charge on any atom is -0.325 e. The molecule has 172 valence electrons. The Labute approximate surface area is 202 Å². The molecule has 1 N–H and O–H groups in total. The largest absolute Gasteiger partial charge is 0.325 e. The van der Waals surface area contributed by atoms with Crippen molar-refractivity contribution >= 4 is 40.0 Å². The molecule has 0 unspecified atom stereocenters. The van der Waals surface area contributed by atoms with Crippen LogP contribution in [-0.4, -0.2) is 26.5 Å². The lowest BCUT2D eigenvalue weighted by Crippen LogP contribution is -2.27. The summed E-state index contributed by atoms with van der Waals surface area (Å²) in [6, 6.07) is 22.0. The third kappa shape index (κ3) is 5.26. The van der Waals surface area contributed by atoms with Crippen LogP contribution < -0.4 is 10.9 Å². The van der Waals surface area contributed by atoms with Crippen molar-refractivity contribution in [2.45, 2.75) is 37.7 Å². The molecule has 0 radical (unpaired) electrons. The van der Waals surface area contributed by atoms with Gasteiger partial charge in [-0.2, -0.15) is 0 Å². The number of aromatic nitrogens is 2. The molecule has 0 aliphatic rings. The first-order chi connectivity index (χ1) is 16.3. The lowest BCUT2D eigenvalue weighted by atomic mass is 10.1. The Balaban J connectivity index is 1.61. The zero-order chi connectivity index (χ0) is 24.2. The first-order valence-corrected chi connectivity index (χ1v) is 11.8. The maximum atomic E-state index is 13.3. The molecule has 0 aliphatic carbocycles. The van der Waals surface area contributed by atoms with Crippen molar-refractivity contribution in [1.29, 1.82) is 0 Å². The number of aryl methyl sites for hydroxylation is 1. The normalized spacial score (nSPS) is 11.9. The Morgan fingerprint density at radius 1 is 1.00 bits per heavy atom. The Hall–Kier alpha value is -3.71. The molecule has 4 aromatic rings. The van der Waals surface area contributed by atoms with Gasteiger partial charge in [-0.25, -0.2) is 4.98 Å². The predicted octanol–water partition coefficient (Wildman–Crippen LogP) is 5.08. The zero-order valence-electron chi connectivity index (χ0n) is 19.2. The van der Waals surface area contributed by atoms with Crippen LogP contribution in [0.15, 0.2) is 82.7 Å². The average molecular weight is 472 g/mol. The number of anilines is 1. The highest BCUT2D eigenvalue weighted by Crippen LogP contribution is 2.24. The van der Waals surface area contributed by atoms with Crippen molar-refractivity contribution in [1.82, 2.24) is 9.55 Å². The smallest absolute Gasteiger partial charge is 0.262 e. The van der Waals surface area contributed by atoms with Gasteiger partial charge >= 0.3 is 0 Å². The number of carbonyl (C=O) groups is 2. The fourth-order valence-electron chi connectivity index (χ4n) is 3.50. The third-order valence-electron chi connectivity index (χ3n) is 5.50. The van der Waals surface area contributed by atoms with E-state index >= 15 is 0 Å². The van der Waals surface area contributed by atoms with Gasteiger partial charge in [-0.05, 0) is 62.7 Å². The summed E-state index contributed by atoms with van der Waals surface area (Å²) in [5.74, 6) is -0.249. The Morgan fingerprint density at radius 3 is 2.35 bits per heavy atom. The molecule has 0 fully saturated rings. The van der Waals surface area contributed by atoms with Crippen LogP contribution in [0.2, 0.25) is 0 Å². The summed E-state index contributed by atoms with van der Waals surface area (Å²) in [7, 11) is 0. The van der Waals surface area contributed by atoms with E-state index in [0.29, 0.717) is 33.9 Å². The number of fused-ring (bicyclic) bond motifs is 1. The van der Waals surface area contributed by atoms with Gasteiger partial charge in [-0.3, -0.25) is 19.0 Å².